The van der Waals surface area contributed by atoms with Gasteiger partial charge >= 0.3 is 0 Å². The average Bonchev–Trinajstić information content (AvgIpc) is 3.09. The Morgan fingerprint density at radius 1 is 1.04 bits per heavy atom. The Bertz CT molecular complexity index is 980. The highest BCUT2D eigenvalue weighted by Crippen LogP contribution is 2.38. The van der Waals surface area contributed by atoms with Crippen molar-refractivity contribution in [3.63, 3.8) is 0 Å². The van der Waals surface area contributed by atoms with E-state index in [1.807, 2.05) is 30.0 Å². The quantitative estimate of drug-likeness (QED) is 0.597. The average molecular weight is 433 g/mol. The summed E-state index contributed by atoms with van der Waals surface area (Å²) in [6.45, 7) is 4.65. The number of carbonyl (C=O) groups excluding carboxylic acids is 1. The van der Waals surface area contributed by atoms with Gasteiger partial charge in [-0.3, -0.25) is 4.79 Å². The molecule has 0 N–H and O–H groups in total. The van der Waals surface area contributed by atoms with Crippen molar-refractivity contribution in [3.8, 4) is 10.6 Å². The second-order valence-corrected chi connectivity index (χ2v) is 8.31. The molecule has 144 valence electrons. The van der Waals surface area contributed by atoms with Crippen LogP contribution in [0, 0.1) is 6.92 Å². The normalized spacial score (nSPS) is 14.4. The Kier molecular flexibility index (Phi) is 5.53. The van der Waals surface area contributed by atoms with Gasteiger partial charge in [-0.1, -0.05) is 35.3 Å². The number of aromatic nitrogens is 2. The van der Waals surface area contributed by atoms with Crippen LogP contribution in [0.1, 0.15) is 15.4 Å². The summed E-state index contributed by atoms with van der Waals surface area (Å²) < 4.78 is 0. The molecule has 1 aliphatic heterocycles. The minimum atomic E-state index is 0.00472. The lowest BCUT2D eigenvalue weighted by Gasteiger charge is -2.35. The molecule has 0 unspecified atom stereocenters. The maximum absolute atomic E-state index is 13.1. The molecule has 1 aliphatic rings. The van der Waals surface area contributed by atoms with Crippen molar-refractivity contribution in [2.75, 3.05) is 31.1 Å². The van der Waals surface area contributed by atoms with E-state index in [9.17, 15) is 4.79 Å². The van der Waals surface area contributed by atoms with Gasteiger partial charge in [0.25, 0.3) is 5.91 Å². The maximum Gasteiger partial charge on any atom is 0.265 e. The summed E-state index contributed by atoms with van der Waals surface area (Å²) in [4.78, 5) is 26.7. The molecule has 1 saturated heterocycles. The van der Waals surface area contributed by atoms with Gasteiger partial charge in [0, 0.05) is 37.9 Å². The summed E-state index contributed by atoms with van der Waals surface area (Å²) in [6, 6.07) is 11.2. The van der Waals surface area contributed by atoms with E-state index in [4.69, 9.17) is 23.2 Å². The first-order valence-corrected chi connectivity index (χ1v) is 10.5. The lowest BCUT2D eigenvalue weighted by molar-refractivity contribution is 0.0750. The van der Waals surface area contributed by atoms with Gasteiger partial charge in [0.1, 0.15) is 15.7 Å². The first-order valence-electron chi connectivity index (χ1n) is 8.91. The monoisotopic (exact) mass is 432 g/mol. The van der Waals surface area contributed by atoms with E-state index < -0.39 is 0 Å². The number of rotatable bonds is 3. The van der Waals surface area contributed by atoms with Crippen molar-refractivity contribution in [2.45, 2.75) is 6.92 Å². The van der Waals surface area contributed by atoms with Gasteiger partial charge in [0.15, 0.2) is 0 Å². The maximum atomic E-state index is 13.1. The fourth-order valence-electron chi connectivity index (χ4n) is 3.23. The van der Waals surface area contributed by atoms with Crippen molar-refractivity contribution in [2.24, 2.45) is 0 Å². The van der Waals surface area contributed by atoms with Crippen LogP contribution in [0.4, 0.5) is 5.82 Å². The van der Waals surface area contributed by atoms with Crippen LogP contribution < -0.4 is 4.90 Å². The molecule has 5 nitrogen and oxygen atoms in total. The van der Waals surface area contributed by atoms with Gasteiger partial charge in [-0.2, -0.15) is 0 Å². The molecule has 0 spiro atoms. The number of carbonyl (C=O) groups is 1. The van der Waals surface area contributed by atoms with Crippen LogP contribution in [0.15, 0.2) is 42.6 Å². The number of benzene rings is 1. The number of piperazine rings is 1. The molecule has 4 rings (SSSR count). The zero-order chi connectivity index (χ0) is 19.7. The Labute approximate surface area is 177 Å². The molecule has 1 aromatic carbocycles. The highest BCUT2D eigenvalue weighted by atomic mass is 35.5. The first-order chi connectivity index (χ1) is 13.5. The number of anilines is 1. The molecule has 1 amide bonds. The summed E-state index contributed by atoms with van der Waals surface area (Å²) in [5, 5.41) is 1.73. The molecule has 0 saturated carbocycles. The van der Waals surface area contributed by atoms with Crippen LogP contribution in [-0.4, -0.2) is 47.0 Å². The third-order valence-corrected chi connectivity index (χ3v) is 6.50. The van der Waals surface area contributed by atoms with Crippen LogP contribution in [0.2, 0.25) is 10.0 Å². The highest BCUT2D eigenvalue weighted by molar-refractivity contribution is 7.17. The number of aryl methyl sites for hydroxylation is 1. The van der Waals surface area contributed by atoms with E-state index in [1.165, 1.54) is 11.3 Å². The van der Waals surface area contributed by atoms with Gasteiger partial charge in [-0.25, -0.2) is 9.97 Å². The largest absolute Gasteiger partial charge is 0.353 e. The predicted octanol–water partition coefficient (Wildman–Crippen LogP) is 4.78. The number of hydrogen-bond acceptors (Lipinski definition) is 5. The van der Waals surface area contributed by atoms with E-state index in [2.05, 4.69) is 14.9 Å². The van der Waals surface area contributed by atoms with Crippen LogP contribution in [0.5, 0.6) is 0 Å². The Morgan fingerprint density at radius 3 is 2.39 bits per heavy atom. The molecular weight excluding hydrogens is 415 g/mol. The van der Waals surface area contributed by atoms with Crippen LogP contribution in [0.3, 0.4) is 0 Å². The second kappa shape index (κ2) is 8.07. The molecule has 0 atom stereocenters. The van der Waals surface area contributed by atoms with Gasteiger partial charge in [0.05, 0.1) is 15.7 Å². The molecule has 2 aromatic heterocycles. The first kappa shape index (κ1) is 19.2. The topological polar surface area (TPSA) is 49.3 Å². The number of halogens is 2. The highest BCUT2D eigenvalue weighted by Gasteiger charge is 2.26. The summed E-state index contributed by atoms with van der Waals surface area (Å²) in [7, 11) is 0. The third kappa shape index (κ3) is 3.72. The molecule has 0 aliphatic carbocycles. The Morgan fingerprint density at radius 2 is 1.75 bits per heavy atom. The van der Waals surface area contributed by atoms with Crippen molar-refractivity contribution < 1.29 is 4.79 Å². The smallest absolute Gasteiger partial charge is 0.265 e. The van der Waals surface area contributed by atoms with Gasteiger partial charge in [0.2, 0.25) is 0 Å². The SMILES string of the molecule is Cc1nc(-c2c(Cl)cccc2Cl)sc1C(=O)N1CCN(c2ccccn2)CC1. The summed E-state index contributed by atoms with van der Waals surface area (Å²) in [5.74, 6) is 0.948. The summed E-state index contributed by atoms with van der Waals surface area (Å²) in [5.41, 5.74) is 1.38. The molecule has 0 bridgehead atoms. The molecule has 3 heterocycles. The lowest BCUT2D eigenvalue weighted by atomic mass is 10.2. The van der Waals surface area contributed by atoms with Crippen molar-refractivity contribution >= 4 is 46.3 Å². The number of thiazole rings is 1. The second-order valence-electron chi connectivity index (χ2n) is 6.50. The Balaban J connectivity index is 1.51. The molecular formula is C20H18Cl2N4OS. The summed E-state index contributed by atoms with van der Waals surface area (Å²) >= 11 is 13.9. The van der Waals surface area contributed by atoms with E-state index in [0.29, 0.717) is 44.3 Å². The summed E-state index contributed by atoms with van der Waals surface area (Å²) in [6.07, 6.45) is 1.79. The van der Waals surface area contributed by atoms with Crippen molar-refractivity contribution in [1.82, 2.24) is 14.9 Å². The van der Waals surface area contributed by atoms with Crippen LogP contribution in [-0.2, 0) is 0 Å². The molecule has 1 fully saturated rings. The molecule has 8 heteroatoms. The number of amides is 1. The minimum absolute atomic E-state index is 0.00472. The van der Waals surface area contributed by atoms with E-state index in [1.54, 1.807) is 24.4 Å². The number of nitrogens with zero attached hydrogens (tertiary/aromatic N) is 4. The third-order valence-electron chi connectivity index (χ3n) is 4.71. The van der Waals surface area contributed by atoms with E-state index >= 15 is 0 Å². The fourth-order valence-corrected chi connectivity index (χ4v) is 5.02. The van der Waals surface area contributed by atoms with E-state index in [-0.39, 0.29) is 5.91 Å². The number of pyridine rings is 1. The van der Waals surface area contributed by atoms with Gasteiger partial charge in [-0.15, -0.1) is 11.3 Å². The Hall–Kier alpha value is -2.15. The van der Waals surface area contributed by atoms with E-state index in [0.717, 1.165) is 18.9 Å². The van der Waals surface area contributed by atoms with Gasteiger partial charge < -0.3 is 9.80 Å². The molecule has 0 radical (unpaired) electrons. The van der Waals surface area contributed by atoms with Crippen molar-refractivity contribution in [3.05, 3.63) is 63.2 Å². The fraction of sp³-hybridized carbons (Fsp3) is 0.250. The lowest BCUT2D eigenvalue weighted by Crippen LogP contribution is -2.49. The van der Waals surface area contributed by atoms with Crippen molar-refractivity contribution in [1.29, 1.82) is 0 Å². The zero-order valence-corrected chi connectivity index (χ0v) is 17.6. The molecule has 3 aromatic rings. The van der Waals surface area contributed by atoms with Crippen LogP contribution in [0.25, 0.3) is 10.6 Å². The molecule has 28 heavy (non-hydrogen) atoms. The van der Waals surface area contributed by atoms with Crippen LogP contribution >= 0.6 is 34.5 Å². The minimum Gasteiger partial charge on any atom is -0.353 e. The zero-order valence-electron chi connectivity index (χ0n) is 15.2. The number of hydrogen-bond donors (Lipinski definition) is 0. The van der Waals surface area contributed by atoms with Gasteiger partial charge in [-0.05, 0) is 31.2 Å². The standard InChI is InChI=1S/C20H18Cl2N4OS/c1-13-18(28-19(24-13)17-14(21)5-4-6-15(17)22)20(27)26-11-9-25(10-12-26)16-7-2-3-8-23-16/h2-8H,9-12H2,1H3. The predicted molar refractivity (Wildman–Crippen MR) is 115 cm³/mol.